The summed E-state index contributed by atoms with van der Waals surface area (Å²) in [6, 6.07) is 9.98. The van der Waals surface area contributed by atoms with E-state index in [1.54, 1.807) is 4.90 Å². The van der Waals surface area contributed by atoms with Crippen LogP contribution in [0.25, 0.3) is 0 Å². The molecule has 0 unspecified atom stereocenters. The molecule has 0 spiro atoms. The number of nitrogens with zero attached hydrogens (tertiary/aromatic N) is 3. The van der Waals surface area contributed by atoms with Gasteiger partial charge in [-0.3, -0.25) is 14.5 Å². The average Bonchev–Trinajstić information content (AvgIpc) is 2.65. The van der Waals surface area contributed by atoms with Crippen molar-refractivity contribution < 1.29 is 9.59 Å². The SMILES string of the molecule is C[C@H](C(=O)N1CCC[C@H](C(N)=O)C1)N(C)CCN(C)c1ccccc1. The Morgan fingerprint density at radius 3 is 2.56 bits per heavy atom. The van der Waals surface area contributed by atoms with Crippen LogP contribution in [0.15, 0.2) is 30.3 Å². The first kappa shape index (κ1) is 19.2. The Hall–Kier alpha value is -2.08. The van der Waals surface area contributed by atoms with Crippen LogP contribution in [-0.2, 0) is 9.59 Å². The average molecular weight is 346 g/mol. The largest absolute Gasteiger partial charge is 0.373 e. The van der Waals surface area contributed by atoms with E-state index >= 15 is 0 Å². The van der Waals surface area contributed by atoms with E-state index in [2.05, 4.69) is 29.0 Å². The second-order valence-corrected chi connectivity index (χ2v) is 6.94. The van der Waals surface area contributed by atoms with Gasteiger partial charge in [0.15, 0.2) is 0 Å². The molecule has 1 fully saturated rings. The second-order valence-electron chi connectivity index (χ2n) is 6.94. The van der Waals surface area contributed by atoms with Gasteiger partial charge in [0, 0.05) is 38.9 Å². The predicted octanol–water partition coefficient (Wildman–Crippen LogP) is 1.17. The van der Waals surface area contributed by atoms with E-state index in [4.69, 9.17) is 5.73 Å². The summed E-state index contributed by atoms with van der Waals surface area (Å²) in [5.41, 5.74) is 6.57. The Balaban J connectivity index is 1.85. The molecule has 0 saturated carbocycles. The number of carbonyl (C=O) groups is 2. The number of hydrogen-bond acceptors (Lipinski definition) is 4. The minimum atomic E-state index is -0.303. The molecule has 2 amide bonds. The standard InChI is InChI=1S/C19H30N4O2/c1-15(19(25)23-11-7-8-16(14-23)18(20)24)21(2)12-13-22(3)17-9-5-4-6-10-17/h4-6,9-10,15-16H,7-8,11-14H2,1-3H3,(H2,20,24)/t15-,16+/m1/s1. The maximum Gasteiger partial charge on any atom is 0.239 e. The number of nitrogens with two attached hydrogens (primary N) is 1. The molecule has 2 rings (SSSR count). The zero-order chi connectivity index (χ0) is 18.4. The molecule has 6 nitrogen and oxygen atoms in total. The van der Waals surface area contributed by atoms with E-state index in [0.29, 0.717) is 13.1 Å². The molecule has 1 aliphatic rings. The van der Waals surface area contributed by atoms with E-state index in [1.165, 1.54) is 0 Å². The number of rotatable bonds is 7. The summed E-state index contributed by atoms with van der Waals surface area (Å²) in [5.74, 6) is -0.432. The number of amides is 2. The van der Waals surface area contributed by atoms with Gasteiger partial charge in [-0.2, -0.15) is 0 Å². The van der Waals surface area contributed by atoms with Gasteiger partial charge < -0.3 is 15.5 Å². The molecule has 1 aromatic rings. The molecule has 2 N–H and O–H groups in total. The lowest BCUT2D eigenvalue weighted by Crippen LogP contribution is -2.51. The molecule has 0 aliphatic carbocycles. The van der Waals surface area contributed by atoms with Crippen LogP contribution in [0.4, 0.5) is 5.69 Å². The number of anilines is 1. The number of likely N-dealkylation sites (tertiary alicyclic amines) is 1. The van der Waals surface area contributed by atoms with Crippen molar-refractivity contribution in [2.24, 2.45) is 11.7 Å². The van der Waals surface area contributed by atoms with E-state index < -0.39 is 0 Å². The van der Waals surface area contributed by atoms with Crippen LogP contribution in [-0.4, -0.2) is 67.9 Å². The van der Waals surface area contributed by atoms with Crippen LogP contribution in [0.1, 0.15) is 19.8 Å². The number of piperidine rings is 1. The van der Waals surface area contributed by atoms with Gasteiger partial charge in [-0.05, 0) is 38.9 Å². The fourth-order valence-electron chi connectivity index (χ4n) is 3.18. The zero-order valence-corrected chi connectivity index (χ0v) is 15.5. The molecule has 25 heavy (non-hydrogen) atoms. The fraction of sp³-hybridized carbons (Fsp3) is 0.579. The number of benzene rings is 1. The molecular weight excluding hydrogens is 316 g/mol. The van der Waals surface area contributed by atoms with Crippen molar-refractivity contribution >= 4 is 17.5 Å². The van der Waals surface area contributed by atoms with E-state index in [1.807, 2.05) is 32.2 Å². The Bertz CT molecular complexity index is 578. The number of carbonyl (C=O) groups excluding carboxylic acids is 2. The molecule has 138 valence electrons. The van der Waals surface area contributed by atoms with Crippen LogP contribution >= 0.6 is 0 Å². The topological polar surface area (TPSA) is 69.9 Å². The molecule has 1 aliphatic heterocycles. The number of hydrogen-bond donors (Lipinski definition) is 1. The first-order chi connectivity index (χ1) is 11.9. The maximum atomic E-state index is 12.7. The summed E-state index contributed by atoms with van der Waals surface area (Å²) < 4.78 is 0. The molecule has 1 aromatic carbocycles. The highest BCUT2D eigenvalue weighted by molar-refractivity contribution is 5.83. The van der Waals surface area contributed by atoms with Crippen molar-refractivity contribution in [2.75, 3.05) is 45.2 Å². The summed E-state index contributed by atoms with van der Waals surface area (Å²) in [7, 11) is 4.02. The molecule has 6 heteroatoms. The quantitative estimate of drug-likeness (QED) is 0.804. The third-order valence-electron chi connectivity index (χ3n) is 5.14. The predicted molar refractivity (Wildman–Crippen MR) is 100 cm³/mol. The minimum absolute atomic E-state index is 0.0795. The number of para-hydroxylation sites is 1. The van der Waals surface area contributed by atoms with Gasteiger partial charge in [-0.15, -0.1) is 0 Å². The highest BCUT2D eigenvalue weighted by Gasteiger charge is 2.30. The third-order valence-corrected chi connectivity index (χ3v) is 5.14. The molecule has 1 heterocycles. The molecule has 1 saturated heterocycles. The highest BCUT2D eigenvalue weighted by atomic mass is 16.2. The van der Waals surface area contributed by atoms with Gasteiger partial charge >= 0.3 is 0 Å². The van der Waals surface area contributed by atoms with Crippen LogP contribution in [0, 0.1) is 5.92 Å². The molecule has 0 radical (unpaired) electrons. The van der Waals surface area contributed by atoms with Crippen LogP contribution in [0.5, 0.6) is 0 Å². The van der Waals surface area contributed by atoms with Crippen LogP contribution < -0.4 is 10.6 Å². The van der Waals surface area contributed by atoms with Gasteiger partial charge in [0.1, 0.15) is 0 Å². The van der Waals surface area contributed by atoms with Gasteiger partial charge in [-0.1, -0.05) is 18.2 Å². The highest BCUT2D eigenvalue weighted by Crippen LogP contribution is 2.18. The van der Waals surface area contributed by atoms with Gasteiger partial charge in [0.2, 0.25) is 11.8 Å². The monoisotopic (exact) mass is 346 g/mol. The zero-order valence-electron chi connectivity index (χ0n) is 15.5. The molecular formula is C19H30N4O2. The third kappa shape index (κ3) is 5.19. The minimum Gasteiger partial charge on any atom is -0.373 e. The van der Waals surface area contributed by atoms with E-state index in [9.17, 15) is 9.59 Å². The first-order valence-electron chi connectivity index (χ1n) is 8.94. The smallest absolute Gasteiger partial charge is 0.239 e. The normalized spacial score (nSPS) is 18.9. The Morgan fingerprint density at radius 2 is 1.92 bits per heavy atom. The van der Waals surface area contributed by atoms with Gasteiger partial charge in [-0.25, -0.2) is 0 Å². The second kappa shape index (κ2) is 8.85. The Labute approximate surface area is 150 Å². The summed E-state index contributed by atoms with van der Waals surface area (Å²) in [4.78, 5) is 30.2. The maximum absolute atomic E-state index is 12.7. The Kier molecular flexibility index (Phi) is 6.82. The number of likely N-dealkylation sites (N-methyl/N-ethyl adjacent to an activating group) is 2. The fourth-order valence-corrected chi connectivity index (χ4v) is 3.18. The number of primary amides is 1. The molecule has 0 aromatic heterocycles. The van der Waals surface area contributed by atoms with Crippen molar-refractivity contribution in [3.8, 4) is 0 Å². The summed E-state index contributed by atoms with van der Waals surface area (Å²) in [5, 5.41) is 0. The lowest BCUT2D eigenvalue weighted by atomic mass is 9.97. The summed E-state index contributed by atoms with van der Waals surface area (Å²) in [6.07, 6.45) is 1.62. The first-order valence-corrected chi connectivity index (χ1v) is 8.94. The molecule has 2 atom stereocenters. The van der Waals surface area contributed by atoms with E-state index in [0.717, 1.165) is 31.6 Å². The van der Waals surface area contributed by atoms with Crippen molar-refractivity contribution in [3.05, 3.63) is 30.3 Å². The van der Waals surface area contributed by atoms with Crippen molar-refractivity contribution in [2.45, 2.75) is 25.8 Å². The summed E-state index contributed by atoms with van der Waals surface area (Å²) in [6.45, 7) is 4.72. The Morgan fingerprint density at radius 1 is 1.24 bits per heavy atom. The van der Waals surface area contributed by atoms with Crippen molar-refractivity contribution in [1.29, 1.82) is 0 Å². The van der Waals surface area contributed by atoms with Crippen LogP contribution in [0.2, 0.25) is 0 Å². The van der Waals surface area contributed by atoms with Gasteiger partial charge in [0.25, 0.3) is 0 Å². The van der Waals surface area contributed by atoms with Crippen LogP contribution in [0.3, 0.4) is 0 Å². The summed E-state index contributed by atoms with van der Waals surface area (Å²) >= 11 is 0. The van der Waals surface area contributed by atoms with Gasteiger partial charge in [0.05, 0.1) is 12.0 Å². The van der Waals surface area contributed by atoms with Crippen molar-refractivity contribution in [3.63, 3.8) is 0 Å². The lowest BCUT2D eigenvalue weighted by molar-refractivity contribution is -0.139. The molecule has 0 bridgehead atoms. The van der Waals surface area contributed by atoms with E-state index in [-0.39, 0.29) is 23.8 Å². The van der Waals surface area contributed by atoms with Crippen molar-refractivity contribution in [1.82, 2.24) is 9.80 Å². The lowest BCUT2D eigenvalue weighted by Gasteiger charge is -2.35.